The minimum absolute atomic E-state index is 0.236. The van der Waals surface area contributed by atoms with Crippen LogP contribution in [0.25, 0.3) is 22.3 Å². The first-order valence-corrected chi connectivity index (χ1v) is 11.5. The molecule has 2 aromatic heterocycles. The van der Waals surface area contributed by atoms with Gasteiger partial charge in [-0.3, -0.25) is 9.78 Å². The lowest BCUT2D eigenvalue weighted by molar-refractivity contribution is -0.152. The number of carbonyl (C=O) groups is 2. The number of methoxy groups -OCH3 is 1. The number of hydrogen-bond donors (Lipinski definition) is 1. The zero-order valence-corrected chi connectivity index (χ0v) is 18.7. The smallest absolute Gasteiger partial charge is 0.331 e. The fourth-order valence-corrected chi connectivity index (χ4v) is 5.44. The van der Waals surface area contributed by atoms with Gasteiger partial charge in [0.2, 0.25) is 0 Å². The first kappa shape index (κ1) is 20.7. The molecule has 0 spiro atoms. The number of rotatable bonds is 5. The Morgan fingerprint density at radius 3 is 2.53 bits per heavy atom. The fraction of sp³-hybridized carbons (Fsp3) is 0.423. The monoisotopic (exact) mass is 431 g/mol. The molecule has 2 saturated carbocycles. The summed E-state index contributed by atoms with van der Waals surface area (Å²) in [5.74, 6) is -0.0917. The van der Waals surface area contributed by atoms with Crippen LogP contribution in [0.5, 0.6) is 0 Å². The van der Waals surface area contributed by atoms with E-state index in [1.54, 1.807) is 0 Å². The van der Waals surface area contributed by atoms with E-state index >= 15 is 0 Å². The molecule has 32 heavy (non-hydrogen) atoms. The van der Waals surface area contributed by atoms with Crippen LogP contribution in [0, 0.1) is 0 Å². The van der Waals surface area contributed by atoms with Gasteiger partial charge >= 0.3 is 5.97 Å². The molecule has 0 aliphatic heterocycles. The number of nitrogens with zero attached hydrogens (tertiary/aromatic N) is 2. The van der Waals surface area contributed by atoms with Gasteiger partial charge in [-0.2, -0.15) is 0 Å². The van der Waals surface area contributed by atoms with Crippen molar-refractivity contribution in [3.05, 3.63) is 53.7 Å². The maximum Gasteiger partial charge on any atom is 0.331 e. The van der Waals surface area contributed by atoms with Crippen LogP contribution in [0.15, 0.2) is 42.6 Å². The Bertz CT molecular complexity index is 1170. The third-order valence-corrected chi connectivity index (χ3v) is 7.31. The lowest BCUT2D eigenvalue weighted by Crippen LogP contribution is -2.59. The Morgan fingerprint density at radius 1 is 1.12 bits per heavy atom. The summed E-state index contributed by atoms with van der Waals surface area (Å²) in [4.78, 5) is 30.0. The summed E-state index contributed by atoms with van der Waals surface area (Å²) >= 11 is 0. The molecule has 166 valence electrons. The fourth-order valence-electron chi connectivity index (χ4n) is 5.44. The number of ether oxygens (including phenoxy) is 1. The van der Waals surface area contributed by atoms with Crippen molar-refractivity contribution in [1.82, 2.24) is 14.9 Å². The number of nitrogens with one attached hydrogen (secondary N) is 1. The molecule has 6 heteroatoms. The van der Waals surface area contributed by atoms with Gasteiger partial charge in [0.1, 0.15) is 5.54 Å². The highest BCUT2D eigenvalue weighted by molar-refractivity contribution is 6.02. The Kier molecular flexibility index (Phi) is 5.24. The Labute approximate surface area is 188 Å². The standard InChI is InChI=1S/C26H29N3O3/c1-29-21-16-18(24(30)28-26(13-7-14-26)25(31)32-2)11-12-19(21)22(17-8-3-4-9-17)23(29)20-10-5-6-15-27-20/h5-6,10-12,15-17H,3-4,7-9,13-14H2,1-2H3,(H,28,30). The molecule has 0 radical (unpaired) electrons. The molecule has 1 N–H and O–H groups in total. The molecule has 2 fully saturated rings. The van der Waals surface area contributed by atoms with Gasteiger partial charge in [-0.15, -0.1) is 0 Å². The molecular weight excluding hydrogens is 402 g/mol. The van der Waals surface area contributed by atoms with E-state index in [-0.39, 0.29) is 11.9 Å². The van der Waals surface area contributed by atoms with Crippen LogP contribution in [0.2, 0.25) is 0 Å². The number of fused-ring (bicyclic) bond motifs is 1. The summed E-state index contributed by atoms with van der Waals surface area (Å²) in [5.41, 5.74) is 4.12. The van der Waals surface area contributed by atoms with E-state index in [9.17, 15) is 9.59 Å². The maximum atomic E-state index is 13.1. The largest absolute Gasteiger partial charge is 0.467 e. The number of aromatic nitrogens is 2. The molecule has 0 atom stereocenters. The number of hydrogen-bond acceptors (Lipinski definition) is 4. The van der Waals surface area contributed by atoms with Crippen molar-refractivity contribution in [2.75, 3.05) is 7.11 Å². The van der Waals surface area contributed by atoms with Crippen molar-refractivity contribution in [3.63, 3.8) is 0 Å². The number of carbonyl (C=O) groups excluding carboxylic acids is 2. The van der Waals surface area contributed by atoms with E-state index in [0.717, 1.165) is 23.3 Å². The van der Waals surface area contributed by atoms with E-state index in [2.05, 4.69) is 27.0 Å². The first-order valence-electron chi connectivity index (χ1n) is 11.5. The quantitative estimate of drug-likeness (QED) is 0.593. The van der Waals surface area contributed by atoms with E-state index < -0.39 is 5.54 Å². The normalized spacial score (nSPS) is 17.8. The van der Waals surface area contributed by atoms with Crippen LogP contribution in [-0.4, -0.2) is 34.1 Å². The summed E-state index contributed by atoms with van der Waals surface area (Å²) in [6, 6.07) is 11.9. The molecule has 3 aromatic rings. The van der Waals surface area contributed by atoms with Crippen molar-refractivity contribution in [2.45, 2.75) is 56.4 Å². The average molecular weight is 432 g/mol. The van der Waals surface area contributed by atoms with Gasteiger partial charge in [0.15, 0.2) is 0 Å². The topological polar surface area (TPSA) is 73.2 Å². The van der Waals surface area contributed by atoms with Crippen molar-refractivity contribution in [1.29, 1.82) is 0 Å². The summed E-state index contributed by atoms with van der Waals surface area (Å²) in [5, 5.41) is 4.14. The highest BCUT2D eigenvalue weighted by Gasteiger charge is 2.46. The van der Waals surface area contributed by atoms with Crippen LogP contribution in [0.1, 0.15) is 66.8 Å². The van der Waals surface area contributed by atoms with Gasteiger partial charge in [0.25, 0.3) is 5.91 Å². The maximum absolute atomic E-state index is 13.1. The second-order valence-electron chi connectivity index (χ2n) is 9.13. The predicted octanol–water partition coefficient (Wildman–Crippen LogP) is 4.72. The number of benzene rings is 1. The Hall–Kier alpha value is -3.15. The summed E-state index contributed by atoms with van der Waals surface area (Å²) < 4.78 is 7.11. The van der Waals surface area contributed by atoms with Crippen LogP contribution in [-0.2, 0) is 16.6 Å². The SMILES string of the molecule is COC(=O)C1(NC(=O)c2ccc3c(C4CCCC4)c(-c4ccccn4)n(C)c3c2)CCC1. The van der Waals surface area contributed by atoms with Gasteiger partial charge in [0, 0.05) is 29.7 Å². The minimum Gasteiger partial charge on any atom is -0.467 e. The van der Waals surface area contributed by atoms with Crippen molar-refractivity contribution >= 4 is 22.8 Å². The molecule has 0 unspecified atom stereocenters. The highest BCUT2D eigenvalue weighted by atomic mass is 16.5. The van der Waals surface area contributed by atoms with Gasteiger partial charge < -0.3 is 14.6 Å². The average Bonchev–Trinajstić information content (AvgIpc) is 3.42. The third kappa shape index (κ3) is 3.29. The summed E-state index contributed by atoms with van der Waals surface area (Å²) in [7, 11) is 3.42. The van der Waals surface area contributed by atoms with Crippen molar-refractivity contribution in [3.8, 4) is 11.4 Å². The van der Waals surface area contributed by atoms with Gasteiger partial charge in [0.05, 0.1) is 18.5 Å². The van der Waals surface area contributed by atoms with Gasteiger partial charge in [-0.05, 0) is 67.9 Å². The van der Waals surface area contributed by atoms with E-state index in [4.69, 9.17) is 4.74 Å². The third-order valence-electron chi connectivity index (χ3n) is 7.31. The molecule has 2 aliphatic rings. The zero-order chi connectivity index (χ0) is 22.3. The lowest BCUT2D eigenvalue weighted by Gasteiger charge is -2.39. The van der Waals surface area contributed by atoms with Gasteiger partial charge in [-0.25, -0.2) is 4.79 Å². The molecule has 2 heterocycles. The Morgan fingerprint density at radius 2 is 1.91 bits per heavy atom. The molecule has 2 aliphatic carbocycles. The molecule has 6 nitrogen and oxygen atoms in total. The van der Waals surface area contributed by atoms with Crippen LogP contribution < -0.4 is 5.32 Å². The van der Waals surface area contributed by atoms with Crippen LogP contribution in [0.3, 0.4) is 0 Å². The van der Waals surface area contributed by atoms with Crippen LogP contribution >= 0.6 is 0 Å². The molecular formula is C26H29N3O3. The van der Waals surface area contributed by atoms with Crippen molar-refractivity contribution in [2.24, 2.45) is 7.05 Å². The number of aryl methyl sites for hydroxylation is 1. The summed E-state index contributed by atoms with van der Waals surface area (Å²) in [6.45, 7) is 0. The summed E-state index contributed by atoms with van der Waals surface area (Å²) in [6.07, 6.45) is 8.84. The number of pyridine rings is 1. The molecule has 1 aromatic carbocycles. The second kappa shape index (κ2) is 8.08. The van der Waals surface area contributed by atoms with Crippen molar-refractivity contribution < 1.29 is 14.3 Å². The van der Waals surface area contributed by atoms with Crippen LogP contribution in [0.4, 0.5) is 0 Å². The molecule has 5 rings (SSSR count). The minimum atomic E-state index is -0.886. The molecule has 0 saturated heterocycles. The number of esters is 1. The van der Waals surface area contributed by atoms with E-state index in [1.165, 1.54) is 43.7 Å². The molecule has 0 bridgehead atoms. The zero-order valence-electron chi connectivity index (χ0n) is 18.7. The highest BCUT2D eigenvalue weighted by Crippen LogP contribution is 2.44. The molecule has 1 amide bonds. The first-order chi connectivity index (χ1) is 15.5. The second-order valence-corrected chi connectivity index (χ2v) is 9.13. The number of amides is 1. The Balaban J connectivity index is 1.58. The predicted molar refractivity (Wildman–Crippen MR) is 123 cm³/mol. The lowest BCUT2D eigenvalue weighted by atomic mass is 9.76. The van der Waals surface area contributed by atoms with E-state index in [1.807, 2.05) is 37.5 Å². The van der Waals surface area contributed by atoms with Gasteiger partial charge in [-0.1, -0.05) is 25.0 Å². The van der Waals surface area contributed by atoms with E-state index in [0.29, 0.717) is 24.3 Å².